The van der Waals surface area contributed by atoms with Crippen LogP contribution in [0.5, 0.6) is 0 Å². The largest absolute Gasteiger partial charge is 0.477 e. The van der Waals surface area contributed by atoms with E-state index in [-0.39, 0.29) is 5.69 Å². The number of aromatic carboxylic acids is 1. The minimum Gasteiger partial charge on any atom is -0.477 e. The van der Waals surface area contributed by atoms with Gasteiger partial charge in [-0.3, -0.25) is 4.99 Å². The Morgan fingerprint density at radius 3 is 2.59 bits per heavy atom. The topological polar surface area (TPSA) is 62.5 Å². The number of aromatic nitrogens is 1. The molecule has 0 saturated heterocycles. The predicted octanol–water partition coefficient (Wildman–Crippen LogP) is 2.53. The monoisotopic (exact) mass is 226 g/mol. The molecule has 0 amide bonds. The van der Waals surface area contributed by atoms with E-state index in [4.69, 9.17) is 5.11 Å². The van der Waals surface area contributed by atoms with Crippen LogP contribution in [0.4, 0.5) is 5.69 Å². The summed E-state index contributed by atoms with van der Waals surface area (Å²) in [5.41, 5.74) is 1.34. The number of para-hydroxylation sites is 1. The first kappa shape index (κ1) is 11.0. The molecule has 0 aliphatic heterocycles. The standard InChI is InChI=1S/C13H10N2O2/c16-13(17)12-8-4-7-11(15-12)9-14-10-5-2-1-3-6-10/h1-9H,(H,16,17). The second-order valence-electron chi connectivity index (χ2n) is 3.35. The van der Waals surface area contributed by atoms with Gasteiger partial charge in [0.1, 0.15) is 5.69 Å². The van der Waals surface area contributed by atoms with Gasteiger partial charge in [-0.25, -0.2) is 9.78 Å². The Kier molecular flexibility index (Phi) is 3.25. The van der Waals surface area contributed by atoms with Gasteiger partial charge in [0.05, 0.1) is 17.6 Å². The Hall–Kier alpha value is -2.49. The molecule has 0 atom stereocenters. The quantitative estimate of drug-likeness (QED) is 0.818. The fraction of sp³-hybridized carbons (Fsp3) is 0. The van der Waals surface area contributed by atoms with Crippen molar-refractivity contribution in [2.75, 3.05) is 0 Å². The third-order valence-corrected chi connectivity index (χ3v) is 2.09. The molecule has 0 radical (unpaired) electrons. The highest BCUT2D eigenvalue weighted by Gasteiger charge is 2.03. The molecule has 17 heavy (non-hydrogen) atoms. The van der Waals surface area contributed by atoms with Gasteiger partial charge in [-0.2, -0.15) is 0 Å². The lowest BCUT2D eigenvalue weighted by molar-refractivity contribution is 0.0690. The molecular weight excluding hydrogens is 216 g/mol. The Morgan fingerprint density at radius 1 is 1.12 bits per heavy atom. The summed E-state index contributed by atoms with van der Waals surface area (Å²) < 4.78 is 0. The first-order valence-electron chi connectivity index (χ1n) is 5.05. The fourth-order valence-corrected chi connectivity index (χ4v) is 1.30. The normalized spacial score (nSPS) is 10.6. The number of aliphatic imine (C=N–C) groups is 1. The minimum atomic E-state index is -1.04. The number of hydrogen-bond donors (Lipinski definition) is 1. The molecule has 1 heterocycles. The third-order valence-electron chi connectivity index (χ3n) is 2.09. The van der Waals surface area contributed by atoms with Gasteiger partial charge in [0.2, 0.25) is 0 Å². The van der Waals surface area contributed by atoms with E-state index in [1.807, 2.05) is 30.3 Å². The zero-order valence-corrected chi connectivity index (χ0v) is 8.95. The van der Waals surface area contributed by atoms with Gasteiger partial charge in [-0.15, -0.1) is 0 Å². The SMILES string of the molecule is O=C(O)c1cccc(C=Nc2ccccc2)n1. The smallest absolute Gasteiger partial charge is 0.354 e. The zero-order valence-electron chi connectivity index (χ0n) is 8.95. The summed E-state index contributed by atoms with van der Waals surface area (Å²) in [6, 6.07) is 14.2. The molecule has 2 rings (SSSR count). The van der Waals surface area contributed by atoms with Crippen molar-refractivity contribution in [3.8, 4) is 0 Å². The number of carboxylic acids is 1. The second kappa shape index (κ2) is 5.03. The van der Waals surface area contributed by atoms with Crippen molar-refractivity contribution < 1.29 is 9.90 Å². The summed E-state index contributed by atoms with van der Waals surface area (Å²) in [6.45, 7) is 0. The Labute approximate surface area is 98.3 Å². The van der Waals surface area contributed by atoms with E-state index in [1.54, 1.807) is 18.3 Å². The van der Waals surface area contributed by atoms with Crippen LogP contribution in [0.15, 0.2) is 53.5 Å². The van der Waals surface area contributed by atoms with Gasteiger partial charge in [0.15, 0.2) is 0 Å². The van der Waals surface area contributed by atoms with Gasteiger partial charge >= 0.3 is 5.97 Å². The van der Waals surface area contributed by atoms with Crippen LogP contribution in [0, 0.1) is 0 Å². The maximum atomic E-state index is 10.7. The lowest BCUT2D eigenvalue weighted by Crippen LogP contribution is -2.01. The molecule has 0 spiro atoms. The lowest BCUT2D eigenvalue weighted by Gasteiger charge is -1.95. The van der Waals surface area contributed by atoms with E-state index in [2.05, 4.69) is 9.98 Å². The van der Waals surface area contributed by atoms with E-state index in [9.17, 15) is 4.79 Å². The van der Waals surface area contributed by atoms with Gasteiger partial charge in [-0.05, 0) is 24.3 Å². The van der Waals surface area contributed by atoms with Crippen molar-refractivity contribution in [3.05, 3.63) is 59.9 Å². The van der Waals surface area contributed by atoms with Gasteiger partial charge < -0.3 is 5.11 Å². The molecule has 1 aromatic heterocycles. The summed E-state index contributed by atoms with van der Waals surface area (Å²) in [7, 11) is 0. The Balaban J connectivity index is 2.22. The number of rotatable bonds is 3. The highest BCUT2D eigenvalue weighted by atomic mass is 16.4. The van der Waals surface area contributed by atoms with Crippen LogP contribution in [-0.4, -0.2) is 22.3 Å². The number of carbonyl (C=O) groups is 1. The highest BCUT2D eigenvalue weighted by molar-refractivity contribution is 5.87. The first-order chi connectivity index (χ1) is 8.25. The molecule has 4 nitrogen and oxygen atoms in total. The van der Waals surface area contributed by atoms with Crippen molar-refractivity contribution >= 4 is 17.9 Å². The van der Waals surface area contributed by atoms with Gasteiger partial charge in [0.25, 0.3) is 0 Å². The average Bonchev–Trinajstić information content (AvgIpc) is 2.38. The second-order valence-corrected chi connectivity index (χ2v) is 3.35. The molecule has 1 N–H and O–H groups in total. The Bertz CT molecular complexity index is 550. The third kappa shape index (κ3) is 2.98. The van der Waals surface area contributed by atoms with Crippen molar-refractivity contribution in [2.24, 2.45) is 4.99 Å². The van der Waals surface area contributed by atoms with Crippen molar-refractivity contribution in [3.63, 3.8) is 0 Å². The van der Waals surface area contributed by atoms with Crippen molar-refractivity contribution in [2.45, 2.75) is 0 Å². The lowest BCUT2D eigenvalue weighted by atomic mass is 10.3. The zero-order chi connectivity index (χ0) is 12.1. The predicted molar refractivity (Wildman–Crippen MR) is 64.9 cm³/mol. The summed E-state index contributed by atoms with van der Waals surface area (Å²) in [6.07, 6.45) is 1.54. The van der Waals surface area contributed by atoms with Gasteiger partial charge in [-0.1, -0.05) is 24.3 Å². The molecule has 1 aromatic carbocycles. The summed E-state index contributed by atoms with van der Waals surface area (Å²) in [4.78, 5) is 18.9. The molecule has 0 fully saturated rings. The minimum absolute atomic E-state index is 0.0158. The van der Waals surface area contributed by atoms with Crippen LogP contribution < -0.4 is 0 Å². The highest BCUT2D eigenvalue weighted by Crippen LogP contribution is 2.09. The van der Waals surface area contributed by atoms with E-state index in [0.717, 1.165) is 5.69 Å². The molecule has 2 aromatic rings. The van der Waals surface area contributed by atoms with Crippen LogP contribution >= 0.6 is 0 Å². The van der Waals surface area contributed by atoms with Crippen LogP contribution in [0.2, 0.25) is 0 Å². The van der Waals surface area contributed by atoms with E-state index in [1.165, 1.54) is 6.07 Å². The number of hydrogen-bond acceptors (Lipinski definition) is 3. The molecule has 84 valence electrons. The summed E-state index contributed by atoms with van der Waals surface area (Å²) in [5, 5.41) is 8.79. The van der Waals surface area contributed by atoms with Gasteiger partial charge in [0, 0.05) is 0 Å². The van der Waals surface area contributed by atoms with E-state index < -0.39 is 5.97 Å². The van der Waals surface area contributed by atoms with Crippen LogP contribution in [0.3, 0.4) is 0 Å². The Morgan fingerprint density at radius 2 is 1.88 bits per heavy atom. The van der Waals surface area contributed by atoms with Crippen molar-refractivity contribution in [1.82, 2.24) is 4.98 Å². The maximum Gasteiger partial charge on any atom is 0.354 e. The number of carboxylic acid groups (broad SMARTS) is 1. The number of benzene rings is 1. The van der Waals surface area contributed by atoms with Crippen LogP contribution in [0.1, 0.15) is 16.2 Å². The molecule has 0 aliphatic rings. The molecule has 0 aliphatic carbocycles. The molecule has 0 saturated carbocycles. The molecule has 0 bridgehead atoms. The maximum absolute atomic E-state index is 10.7. The van der Waals surface area contributed by atoms with E-state index in [0.29, 0.717) is 5.69 Å². The first-order valence-corrected chi connectivity index (χ1v) is 5.05. The molecule has 0 unspecified atom stereocenters. The summed E-state index contributed by atoms with van der Waals surface area (Å²) >= 11 is 0. The number of nitrogens with zero attached hydrogens (tertiary/aromatic N) is 2. The number of pyridine rings is 1. The fourth-order valence-electron chi connectivity index (χ4n) is 1.30. The average molecular weight is 226 g/mol. The van der Waals surface area contributed by atoms with E-state index >= 15 is 0 Å². The van der Waals surface area contributed by atoms with Crippen molar-refractivity contribution in [1.29, 1.82) is 0 Å². The van der Waals surface area contributed by atoms with Crippen LogP contribution in [-0.2, 0) is 0 Å². The molecule has 4 heteroatoms. The molecular formula is C13H10N2O2. The summed E-state index contributed by atoms with van der Waals surface area (Å²) in [5.74, 6) is -1.04. The van der Waals surface area contributed by atoms with Crippen LogP contribution in [0.25, 0.3) is 0 Å².